The number of rotatable bonds is 4. The van der Waals surface area contributed by atoms with Gasteiger partial charge in [-0.1, -0.05) is 72.8 Å². The van der Waals surface area contributed by atoms with Crippen LogP contribution in [0, 0.1) is 0 Å². The molecule has 140 valence electrons. The Morgan fingerprint density at radius 2 is 1.50 bits per heavy atom. The summed E-state index contributed by atoms with van der Waals surface area (Å²) in [6.45, 7) is 3.15. The van der Waals surface area contributed by atoms with Crippen molar-refractivity contribution >= 4 is 10.9 Å². The zero-order chi connectivity index (χ0) is 18.8. The second-order valence-corrected chi connectivity index (χ2v) is 7.78. The molecule has 2 heterocycles. The van der Waals surface area contributed by atoms with E-state index in [1.807, 2.05) is 0 Å². The minimum atomic E-state index is 0.664. The summed E-state index contributed by atoms with van der Waals surface area (Å²) in [6.07, 6.45) is 4.88. The van der Waals surface area contributed by atoms with Crippen LogP contribution >= 0.6 is 0 Å². The summed E-state index contributed by atoms with van der Waals surface area (Å²) in [4.78, 5) is 0. The van der Waals surface area contributed by atoms with Crippen LogP contribution in [0.25, 0.3) is 22.0 Å². The van der Waals surface area contributed by atoms with Gasteiger partial charge in [-0.05, 0) is 60.2 Å². The Balaban J connectivity index is 1.57. The number of nitrogens with zero attached hydrogens (tertiary/aromatic N) is 1. The molecule has 0 unspecified atom stereocenters. The Kier molecular flexibility index (Phi) is 4.72. The SMILES string of the molecule is c1ccc(-c2ccccc2Cn2cc(C3CCNCC3)c3ccccc32)cc1. The topological polar surface area (TPSA) is 17.0 Å². The van der Waals surface area contributed by atoms with E-state index in [0.717, 1.165) is 19.6 Å². The van der Waals surface area contributed by atoms with Crippen molar-refractivity contribution in [3.63, 3.8) is 0 Å². The first-order valence-electron chi connectivity index (χ1n) is 10.3. The number of benzene rings is 3. The van der Waals surface area contributed by atoms with Gasteiger partial charge in [0.05, 0.1) is 0 Å². The number of aromatic nitrogens is 1. The van der Waals surface area contributed by atoms with Gasteiger partial charge < -0.3 is 9.88 Å². The van der Waals surface area contributed by atoms with Gasteiger partial charge in [-0.2, -0.15) is 0 Å². The van der Waals surface area contributed by atoms with Gasteiger partial charge in [0.25, 0.3) is 0 Å². The molecule has 1 N–H and O–H groups in total. The molecule has 1 saturated heterocycles. The maximum absolute atomic E-state index is 3.50. The van der Waals surface area contributed by atoms with Crippen molar-refractivity contribution in [3.8, 4) is 11.1 Å². The third kappa shape index (κ3) is 3.25. The van der Waals surface area contributed by atoms with Crippen molar-refractivity contribution in [2.24, 2.45) is 0 Å². The molecule has 2 nitrogen and oxygen atoms in total. The Labute approximate surface area is 166 Å². The lowest BCUT2D eigenvalue weighted by Crippen LogP contribution is -2.26. The van der Waals surface area contributed by atoms with Crippen LogP contribution in [0.3, 0.4) is 0 Å². The molecular weight excluding hydrogens is 340 g/mol. The largest absolute Gasteiger partial charge is 0.343 e. The third-order valence-corrected chi connectivity index (χ3v) is 6.04. The third-order valence-electron chi connectivity index (χ3n) is 6.04. The van der Waals surface area contributed by atoms with Gasteiger partial charge in [-0.15, -0.1) is 0 Å². The highest BCUT2D eigenvalue weighted by atomic mass is 15.0. The smallest absolute Gasteiger partial charge is 0.0486 e. The van der Waals surface area contributed by atoms with Gasteiger partial charge in [0.1, 0.15) is 0 Å². The first-order chi connectivity index (χ1) is 13.9. The van der Waals surface area contributed by atoms with Crippen LogP contribution in [0.1, 0.15) is 29.9 Å². The highest BCUT2D eigenvalue weighted by Gasteiger charge is 2.20. The summed E-state index contributed by atoms with van der Waals surface area (Å²) in [5.74, 6) is 0.664. The molecule has 1 fully saturated rings. The Morgan fingerprint density at radius 1 is 0.786 bits per heavy atom. The molecule has 1 aliphatic heterocycles. The molecule has 5 rings (SSSR count). The van der Waals surface area contributed by atoms with Gasteiger partial charge in [0.15, 0.2) is 0 Å². The van der Waals surface area contributed by atoms with Crippen LogP contribution in [0.5, 0.6) is 0 Å². The quantitative estimate of drug-likeness (QED) is 0.481. The Morgan fingerprint density at radius 3 is 2.36 bits per heavy atom. The summed E-state index contributed by atoms with van der Waals surface area (Å²) < 4.78 is 2.45. The van der Waals surface area contributed by atoms with E-state index in [0.29, 0.717) is 5.92 Å². The maximum Gasteiger partial charge on any atom is 0.0486 e. The highest BCUT2D eigenvalue weighted by Crippen LogP contribution is 2.34. The molecule has 0 aliphatic carbocycles. The van der Waals surface area contributed by atoms with Gasteiger partial charge in [-0.3, -0.25) is 0 Å². The van der Waals surface area contributed by atoms with Gasteiger partial charge in [0, 0.05) is 23.6 Å². The Hall–Kier alpha value is -2.84. The molecular formula is C26H26N2. The van der Waals surface area contributed by atoms with Crippen molar-refractivity contribution in [1.82, 2.24) is 9.88 Å². The average Bonchev–Trinajstić information content (AvgIpc) is 3.14. The summed E-state index contributed by atoms with van der Waals surface area (Å²) in [7, 11) is 0. The first kappa shape index (κ1) is 17.3. The van der Waals surface area contributed by atoms with Crippen LogP contribution in [0.2, 0.25) is 0 Å². The van der Waals surface area contributed by atoms with Crippen molar-refractivity contribution in [1.29, 1.82) is 0 Å². The maximum atomic E-state index is 3.50. The van der Waals surface area contributed by atoms with Crippen molar-refractivity contribution in [3.05, 3.63) is 96.2 Å². The van der Waals surface area contributed by atoms with E-state index < -0.39 is 0 Å². The minimum Gasteiger partial charge on any atom is -0.343 e. The molecule has 0 amide bonds. The zero-order valence-corrected chi connectivity index (χ0v) is 16.1. The number of para-hydroxylation sites is 1. The second kappa shape index (κ2) is 7.65. The molecule has 0 bridgehead atoms. The van der Waals surface area contributed by atoms with Crippen LogP contribution in [0.4, 0.5) is 0 Å². The van der Waals surface area contributed by atoms with Gasteiger partial charge in [-0.25, -0.2) is 0 Å². The lowest BCUT2D eigenvalue weighted by molar-refractivity contribution is 0.461. The van der Waals surface area contributed by atoms with E-state index in [4.69, 9.17) is 0 Å². The van der Waals surface area contributed by atoms with Crippen molar-refractivity contribution in [2.75, 3.05) is 13.1 Å². The highest BCUT2D eigenvalue weighted by molar-refractivity contribution is 5.85. The van der Waals surface area contributed by atoms with Crippen LogP contribution < -0.4 is 5.32 Å². The number of fused-ring (bicyclic) bond motifs is 1. The van der Waals surface area contributed by atoms with Crippen molar-refractivity contribution in [2.45, 2.75) is 25.3 Å². The van der Waals surface area contributed by atoms with E-state index >= 15 is 0 Å². The van der Waals surface area contributed by atoms with Crippen LogP contribution in [0.15, 0.2) is 85.1 Å². The molecule has 1 aliphatic rings. The second-order valence-electron chi connectivity index (χ2n) is 7.78. The zero-order valence-electron chi connectivity index (χ0n) is 16.1. The number of hydrogen-bond acceptors (Lipinski definition) is 1. The molecule has 28 heavy (non-hydrogen) atoms. The van der Waals surface area contributed by atoms with Crippen LogP contribution in [-0.4, -0.2) is 17.7 Å². The molecule has 1 aromatic heterocycles. The summed E-state index contributed by atoms with van der Waals surface area (Å²) in [5, 5.41) is 4.92. The Bertz CT molecular complexity index is 1070. The van der Waals surface area contributed by atoms with E-state index in [-0.39, 0.29) is 0 Å². The number of nitrogens with one attached hydrogen (secondary N) is 1. The molecule has 0 spiro atoms. The molecule has 3 aromatic carbocycles. The van der Waals surface area contributed by atoms with Crippen molar-refractivity contribution < 1.29 is 0 Å². The lowest BCUT2D eigenvalue weighted by atomic mass is 9.90. The molecule has 0 radical (unpaired) electrons. The summed E-state index contributed by atoms with van der Waals surface area (Å²) in [5.41, 5.74) is 6.84. The fraction of sp³-hybridized carbons (Fsp3) is 0.231. The van der Waals surface area contributed by atoms with E-state index in [1.165, 1.54) is 46.0 Å². The number of hydrogen-bond donors (Lipinski definition) is 1. The fourth-order valence-electron chi connectivity index (χ4n) is 4.61. The normalized spacial score (nSPS) is 15.1. The summed E-state index contributed by atoms with van der Waals surface area (Å²) >= 11 is 0. The number of piperidine rings is 1. The minimum absolute atomic E-state index is 0.664. The predicted octanol–water partition coefficient (Wildman–Crippen LogP) is 5.82. The average molecular weight is 367 g/mol. The first-order valence-corrected chi connectivity index (χ1v) is 10.3. The molecule has 2 heteroatoms. The molecule has 0 saturated carbocycles. The standard InChI is InChI=1S/C26H26N2/c1-2-8-20(9-3-1)23-11-5-4-10-22(23)18-28-19-25(21-14-16-27-17-15-21)24-12-6-7-13-26(24)28/h1-13,19,21,27H,14-18H2. The fourth-order valence-corrected chi connectivity index (χ4v) is 4.61. The van der Waals surface area contributed by atoms with Crippen LogP contribution in [-0.2, 0) is 6.54 Å². The lowest BCUT2D eigenvalue weighted by Gasteiger charge is -2.22. The predicted molar refractivity (Wildman–Crippen MR) is 118 cm³/mol. The van der Waals surface area contributed by atoms with E-state index in [9.17, 15) is 0 Å². The monoisotopic (exact) mass is 366 g/mol. The molecule has 0 atom stereocenters. The van der Waals surface area contributed by atoms with E-state index in [2.05, 4.69) is 94.9 Å². The molecule has 4 aromatic rings. The van der Waals surface area contributed by atoms with E-state index in [1.54, 1.807) is 0 Å². The van der Waals surface area contributed by atoms with Gasteiger partial charge >= 0.3 is 0 Å². The van der Waals surface area contributed by atoms with Gasteiger partial charge in [0.2, 0.25) is 0 Å². The summed E-state index contributed by atoms with van der Waals surface area (Å²) in [6, 6.07) is 28.4.